The van der Waals surface area contributed by atoms with Crippen LogP contribution in [0, 0.1) is 5.92 Å². The van der Waals surface area contributed by atoms with Gasteiger partial charge in [-0.3, -0.25) is 4.79 Å². The molecule has 0 unspecified atom stereocenters. The summed E-state index contributed by atoms with van der Waals surface area (Å²) in [6.45, 7) is 4.00. The Morgan fingerprint density at radius 2 is 1.75 bits per heavy atom. The van der Waals surface area contributed by atoms with Crippen molar-refractivity contribution in [1.82, 2.24) is 4.98 Å². The summed E-state index contributed by atoms with van der Waals surface area (Å²) in [5.74, 6) is 0.268. The first-order valence-electron chi connectivity index (χ1n) is 9.63. The van der Waals surface area contributed by atoms with Crippen molar-refractivity contribution >= 4 is 27.8 Å². The average Bonchev–Trinajstić information content (AvgIpc) is 3.15. The minimum atomic E-state index is -0.505. The fourth-order valence-electron chi connectivity index (χ4n) is 3.36. The Morgan fingerprint density at radius 1 is 1.00 bits per heavy atom. The van der Waals surface area contributed by atoms with Gasteiger partial charge in [0.1, 0.15) is 5.52 Å². The quantitative estimate of drug-likeness (QED) is 0.398. The molecule has 0 saturated heterocycles. The number of aryl methyl sites for hydroxylation is 1. The zero-order valence-electron chi connectivity index (χ0n) is 16.1. The molecule has 0 saturated carbocycles. The van der Waals surface area contributed by atoms with Crippen LogP contribution in [0.15, 0.2) is 71.1 Å². The third kappa shape index (κ3) is 3.77. The SMILES string of the molecule is CC(C)[C@@H](OC(=O)CCc1ccccc1)c1nc2c(ccc3ccccc32)o1. The number of carbonyl (C=O) groups is 1. The van der Waals surface area contributed by atoms with Gasteiger partial charge in [0.05, 0.1) is 0 Å². The second-order valence-electron chi connectivity index (χ2n) is 7.33. The summed E-state index contributed by atoms with van der Waals surface area (Å²) in [7, 11) is 0. The number of rotatable bonds is 6. The van der Waals surface area contributed by atoms with E-state index in [1.807, 2.05) is 80.6 Å². The van der Waals surface area contributed by atoms with Crippen LogP contribution in [0.2, 0.25) is 0 Å². The Morgan fingerprint density at radius 3 is 2.54 bits per heavy atom. The fourth-order valence-corrected chi connectivity index (χ4v) is 3.36. The highest BCUT2D eigenvalue weighted by atomic mass is 16.6. The first-order valence-corrected chi connectivity index (χ1v) is 9.63. The summed E-state index contributed by atoms with van der Waals surface area (Å²) < 4.78 is 11.7. The molecular formula is C24H23NO3. The zero-order chi connectivity index (χ0) is 19.5. The number of fused-ring (bicyclic) bond motifs is 3. The van der Waals surface area contributed by atoms with Gasteiger partial charge < -0.3 is 9.15 Å². The van der Waals surface area contributed by atoms with Crippen molar-refractivity contribution in [2.75, 3.05) is 0 Å². The Balaban J connectivity index is 1.56. The number of nitrogens with zero attached hydrogens (tertiary/aromatic N) is 1. The van der Waals surface area contributed by atoms with E-state index >= 15 is 0 Å². The molecule has 0 fully saturated rings. The number of benzene rings is 3. The molecule has 0 aliphatic heterocycles. The van der Waals surface area contributed by atoms with Gasteiger partial charge in [-0.15, -0.1) is 0 Å². The van der Waals surface area contributed by atoms with Crippen molar-refractivity contribution in [3.05, 3.63) is 78.2 Å². The third-order valence-electron chi connectivity index (χ3n) is 4.87. The number of esters is 1. The maximum atomic E-state index is 12.4. The minimum absolute atomic E-state index is 0.0556. The molecule has 1 atom stereocenters. The van der Waals surface area contributed by atoms with E-state index in [0.717, 1.165) is 21.9 Å². The van der Waals surface area contributed by atoms with E-state index in [1.165, 1.54) is 0 Å². The number of oxazole rings is 1. The number of carbonyl (C=O) groups excluding carboxylic acids is 1. The molecule has 4 aromatic rings. The van der Waals surface area contributed by atoms with Gasteiger partial charge in [-0.1, -0.05) is 74.5 Å². The first kappa shape index (κ1) is 18.2. The molecule has 0 N–H and O–H groups in total. The zero-order valence-corrected chi connectivity index (χ0v) is 16.1. The monoisotopic (exact) mass is 373 g/mol. The minimum Gasteiger partial charge on any atom is -0.452 e. The van der Waals surface area contributed by atoms with Gasteiger partial charge in [0.2, 0.25) is 5.89 Å². The lowest BCUT2D eigenvalue weighted by Gasteiger charge is -2.18. The fraction of sp³-hybridized carbons (Fsp3) is 0.250. The normalized spacial score (nSPS) is 12.5. The molecule has 1 aromatic heterocycles. The highest BCUT2D eigenvalue weighted by Crippen LogP contribution is 2.32. The van der Waals surface area contributed by atoms with E-state index in [1.54, 1.807) is 0 Å². The largest absolute Gasteiger partial charge is 0.452 e. The average molecular weight is 373 g/mol. The van der Waals surface area contributed by atoms with Gasteiger partial charge in [-0.05, 0) is 29.4 Å². The van der Waals surface area contributed by atoms with Crippen LogP contribution < -0.4 is 0 Å². The molecule has 4 nitrogen and oxygen atoms in total. The Hall–Kier alpha value is -3.14. The van der Waals surface area contributed by atoms with Gasteiger partial charge in [-0.2, -0.15) is 0 Å². The number of hydrogen-bond acceptors (Lipinski definition) is 4. The van der Waals surface area contributed by atoms with Crippen molar-refractivity contribution in [2.24, 2.45) is 5.92 Å². The van der Waals surface area contributed by atoms with E-state index in [0.29, 0.717) is 24.3 Å². The van der Waals surface area contributed by atoms with Crippen LogP contribution in [0.4, 0.5) is 0 Å². The molecule has 0 spiro atoms. The van der Waals surface area contributed by atoms with Gasteiger partial charge in [-0.25, -0.2) is 4.98 Å². The highest BCUT2D eigenvalue weighted by Gasteiger charge is 2.26. The van der Waals surface area contributed by atoms with Gasteiger partial charge in [0, 0.05) is 11.8 Å². The van der Waals surface area contributed by atoms with Crippen LogP contribution >= 0.6 is 0 Å². The van der Waals surface area contributed by atoms with Gasteiger partial charge in [0.15, 0.2) is 11.7 Å². The van der Waals surface area contributed by atoms with Crippen molar-refractivity contribution < 1.29 is 13.9 Å². The molecular weight excluding hydrogens is 350 g/mol. The number of ether oxygens (including phenoxy) is 1. The second kappa shape index (κ2) is 7.85. The third-order valence-corrected chi connectivity index (χ3v) is 4.87. The molecule has 0 amide bonds. The Bertz CT molecular complexity index is 1100. The molecule has 1 heterocycles. The lowest BCUT2D eigenvalue weighted by Crippen LogP contribution is -2.17. The van der Waals surface area contributed by atoms with Gasteiger partial charge >= 0.3 is 5.97 Å². The van der Waals surface area contributed by atoms with Crippen molar-refractivity contribution in [1.29, 1.82) is 0 Å². The first-order chi connectivity index (χ1) is 13.6. The second-order valence-corrected chi connectivity index (χ2v) is 7.33. The van der Waals surface area contributed by atoms with Crippen molar-refractivity contribution in [2.45, 2.75) is 32.8 Å². The predicted octanol–water partition coefficient (Wildman–Crippen LogP) is 5.85. The molecule has 0 aliphatic rings. The summed E-state index contributed by atoms with van der Waals surface area (Å²) in [6.07, 6.45) is 0.480. The molecule has 4 heteroatoms. The lowest BCUT2D eigenvalue weighted by molar-refractivity contribution is -0.153. The molecule has 0 bridgehead atoms. The highest BCUT2D eigenvalue weighted by molar-refractivity contribution is 6.03. The van der Waals surface area contributed by atoms with Crippen LogP contribution in [-0.2, 0) is 16.0 Å². The molecule has 28 heavy (non-hydrogen) atoms. The van der Waals surface area contributed by atoms with E-state index in [4.69, 9.17) is 9.15 Å². The maximum Gasteiger partial charge on any atom is 0.306 e. The predicted molar refractivity (Wildman–Crippen MR) is 110 cm³/mol. The van der Waals surface area contributed by atoms with E-state index in [2.05, 4.69) is 4.98 Å². The van der Waals surface area contributed by atoms with Crippen LogP contribution in [0.25, 0.3) is 21.9 Å². The molecule has 3 aromatic carbocycles. The Kier molecular flexibility index (Phi) is 5.11. The summed E-state index contributed by atoms with van der Waals surface area (Å²) in [4.78, 5) is 17.1. The molecule has 0 aliphatic carbocycles. The molecule has 4 rings (SSSR count). The summed E-state index contributed by atoms with van der Waals surface area (Å²) >= 11 is 0. The smallest absolute Gasteiger partial charge is 0.306 e. The lowest BCUT2D eigenvalue weighted by atomic mass is 10.1. The topological polar surface area (TPSA) is 52.3 Å². The van der Waals surface area contributed by atoms with Crippen LogP contribution in [-0.4, -0.2) is 11.0 Å². The maximum absolute atomic E-state index is 12.4. The van der Waals surface area contributed by atoms with Crippen LogP contribution in [0.5, 0.6) is 0 Å². The van der Waals surface area contributed by atoms with Crippen LogP contribution in [0.3, 0.4) is 0 Å². The Labute approximate surface area is 164 Å². The van der Waals surface area contributed by atoms with Crippen molar-refractivity contribution in [3.8, 4) is 0 Å². The molecule has 142 valence electrons. The van der Waals surface area contributed by atoms with E-state index in [-0.39, 0.29) is 11.9 Å². The van der Waals surface area contributed by atoms with Crippen LogP contribution in [0.1, 0.15) is 37.8 Å². The summed E-state index contributed by atoms with van der Waals surface area (Å²) in [5.41, 5.74) is 2.63. The number of aromatic nitrogens is 1. The standard InChI is InChI=1S/C24H23NO3/c1-16(2)23(28-21(26)15-12-17-8-4-3-5-9-17)24-25-22-19-11-7-6-10-18(19)13-14-20(22)27-24/h3-11,13-14,16,23H,12,15H2,1-2H3/t23-/m1/s1. The number of hydrogen-bond donors (Lipinski definition) is 0. The summed E-state index contributed by atoms with van der Waals surface area (Å²) in [6, 6.07) is 21.9. The molecule has 0 radical (unpaired) electrons. The van der Waals surface area contributed by atoms with Crippen molar-refractivity contribution in [3.63, 3.8) is 0 Å². The van der Waals surface area contributed by atoms with E-state index < -0.39 is 6.10 Å². The van der Waals surface area contributed by atoms with E-state index in [9.17, 15) is 4.79 Å². The van der Waals surface area contributed by atoms with Gasteiger partial charge in [0.25, 0.3) is 0 Å². The summed E-state index contributed by atoms with van der Waals surface area (Å²) in [5, 5.41) is 2.14.